The molecule has 1 saturated heterocycles. The number of pyridine rings is 1. The third kappa shape index (κ3) is 4.02. The Balaban J connectivity index is 1.59. The second-order valence-electron chi connectivity index (χ2n) is 7.31. The fourth-order valence-corrected chi connectivity index (χ4v) is 3.51. The zero-order chi connectivity index (χ0) is 21.3. The van der Waals surface area contributed by atoms with Gasteiger partial charge in [-0.15, -0.1) is 0 Å². The van der Waals surface area contributed by atoms with Crippen molar-refractivity contribution < 1.29 is 28.9 Å². The number of methoxy groups -OCH3 is 1. The number of hydrogen-bond acceptors (Lipinski definition) is 7. The van der Waals surface area contributed by atoms with Crippen molar-refractivity contribution in [3.05, 3.63) is 42.0 Å². The molecule has 0 radical (unpaired) electrons. The van der Waals surface area contributed by atoms with Gasteiger partial charge in [0.15, 0.2) is 18.2 Å². The predicted octanol–water partition coefficient (Wildman–Crippen LogP) is 2.11. The van der Waals surface area contributed by atoms with Gasteiger partial charge in [-0.25, -0.2) is 9.78 Å². The van der Waals surface area contributed by atoms with Crippen LogP contribution in [0, 0.1) is 0 Å². The summed E-state index contributed by atoms with van der Waals surface area (Å²) in [6.45, 7) is 2.16. The molecule has 4 rings (SSSR count). The molecule has 1 aromatic heterocycles. The fourth-order valence-electron chi connectivity index (χ4n) is 3.51. The normalized spacial score (nSPS) is 19.2. The Kier molecular flexibility index (Phi) is 5.45. The summed E-state index contributed by atoms with van der Waals surface area (Å²) in [7, 11) is 1.59. The van der Waals surface area contributed by atoms with E-state index < -0.39 is 18.3 Å². The van der Waals surface area contributed by atoms with Crippen LogP contribution in [0.4, 0.5) is 16.4 Å². The van der Waals surface area contributed by atoms with Crippen LogP contribution in [0.1, 0.15) is 18.9 Å². The molecule has 9 nitrogen and oxygen atoms in total. The summed E-state index contributed by atoms with van der Waals surface area (Å²) in [4.78, 5) is 32.3. The van der Waals surface area contributed by atoms with Gasteiger partial charge in [-0.2, -0.15) is 0 Å². The molecule has 0 aliphatic carbocycles. The standard InChI is InChI=1S/C21H23N3O6/c1-13(25)9-16-11-23(21(27)30-16)18-8-7-17-20(22-18)24(19(26)12-29-17)10-14-3-5-15(28-2)6-4-14/h3-8,13,16,25H,9-12H2,1-2H3/t13?,16-/m1/s1. The second-order valence-corrected chi connectivity index (χ2v) is 7.31. The van der Waals surface area contributed by atoms with Gasteiger partial charge in [-0.05, 0) is 36.8 Å². The Morgan fingerprint density at radius 1 is 1.23 bits per heavy atom. The van der Waals surface area contributed by atoms with Crippen molar-refractivity contribution in [1.82, 2.24) is 4.98 Å². The summed E-state index contributed by atoms with van der Waals surface area (Å²) in [5.41, 5.74) is 0.904. The van der Waals surface area contributed by atoms with Crippen molar-refractivity contribution in [2.45, 2.75) is 32.1 Å². The van der Waals surface area contributed by atoms with Crippen LogP contribution in [-0.4, -0.2) is 54.6 Å². The van der Waals surface area contributed by atoms with Crippen molar-refractivity contribution >= 4 is 23.6 Å². The molecule has 0 saturated carbocycles. The molecule has 2 aliphatic heterocycles. The van der Waals surface area contributed by atoms with E-state index in [1.54, 1.807) is 31.1 Å². The summed E-state index contributed by atoms with van der Waals surface area (Å²) in [5.74, 6) is 1.70. The number of aromatic nitrogens is 1. The van der Waals surface area contributed by atoms with Gasteiger partial charge >= 0.3 is 6.09 Å². The van der Waals surface area contributed by atoms with Gasteiger partial charge in [-0.3, -0.25) is 14.6 Å². The Hall–Kier alpha value is -3.33. The van der Waals surface area contributed by atoms with Gasteiger partial charge in [0.25, 0.3) is 5.91 Å². The fraction of sp³-hybridized carbons (Fsp3) is 0.381. The van der Waals surface area contributed by atoms with E-state index >= 15 is 0 Å². The first-order valence-corrected chi connectivity index (χ1v) is 9.68. The topological polar surface area (TPSA) is 101 Å². The number of cyclic esters (lactones) is 1. The van der Waals surface area contributed by atoms with Gasteiger partial charge < -0.3 is 19.3 Å². The largest absolute Gasteiger partial charge is 0.497 e. The number of carbonyl (C=O) groups excluding carboxylic acids is 2. The maximum atomic E-state index is 12.6. The molecule has 2 atom stereocenters. The van der Waals surface area contributed by atoms with E-state index in [1.165, 1.54) is 4.90 Å². The first kappa shape index (κ1) is 20.0. The lowest BCUT2D eigenvalue weighted by atomic mass is 10.2. The smallest absolute Gasteiger partial charge is 0.415 e. The van der Waals surface area contributed by atoms with Crippen LogP contribution < -0.4 is 19.3 Å². The van der Waals surface area contributed by atoms with Gasteiger partial charge in [0.2, 0.25) is 0 Å². The number of amides is 2. The van der Waals surface area contributed by atoms with E-state index in [1.807, 2.05) is 24.3 Å². The highest BCUT2D eigenvalue weighted by Crippen LogP contribution is 2.34. The number of benzene rings is 1. The number of carbonyl (C=O) groups is 2. The zero-order valence-corrected chi connectivity index (χ0v) is 16.8. The van der Waals surface area contributed by atoms with Crippen LogP contribution in [0.15, 0.2) is 36.4 Å². The number of anilines is 2. The number of aliphatic hydroxyl groups excluding tert-OH is 1. The number of fused-ring (bicyclic) bond motifs is 1. The molecule has 30 heavy (non-hydrogen) atoms. The van der Waals surface area contributed by atoms with Gasteiger partial charge in [0, 0.05) is 6.42 Å². The SMILES string of the molecule is COc1ccc(CN2C(=O)COc3ccc(N4C[C@@H](CC(C)O)OC4=O)nc32)cc1. The third-order valence-corrected chi connectivity index (χ3v) is 4.99. The maximum Gasteiger partial charge on any atom is 0.415 e. The van der Waals surface area contributed by atoms with Crippen LogP contribution in [0.25, 0.3) is 0 Å². The maximum absolute atomic E-state index is 12.6. The van der Waals surface area contributed by atoms with Crippen molar-refractivity contribution in [2.24, 2.45) is 0 Å². The molecule has 3 heterocycles. The summed E-state index contributed by atoms with van der Waals surface area (Å²) < 4.78 is 16.0. The summed E-state index contributed by atoms with van der Waals surface area (Å²) in [6, 6.07) is 10.8. The molecular weight excluding hydrogens is 390 g/mol. The minimum absolute atomic E-state index is 0.0770. The molecule has 2 aromatic rings. The summed E-state index contributed by atoms with van der Waals surface area (Å²) in [6.07, 6.45) is -1.18. The molecule has 158 valence electrons. The second kappa shape index (κ2) is 8.19. The number of ether oxygens (including phenoxy) is 3. The molecule has 9 heteroatoms. The lowest BCUT2D eigenvalue weighted by molar-refractivity contribution is -0.121. The van der Waals surface area contributed by atoms with E-state index in [0.717, 1.165) is 11.3 Å². The molecular formula is C21H23N3O6. The Labute approximate surface area is 173 Å². The highest BCUT2D eigenvalue weighted by Gasteiger charge is 2.35. The summed E-state index contributed by atoms with van der Waals surface area (Å²) >= 11 is 0. The van der Waals surface area contributed by atoms with Crippen molar-refractivity contribution in [3.63, 3.8) is 0 Å². The minimum atomic E-state index is -0.578. The number of aliphatic hydroxyl groups is 1. The van der Waals surface area contributed by atoms with Gasteiger partial charge in [-0.1, -0.05) is 12.1 Å². The predicted molar refractivity (Wildman–Crippen MR) is 108 cm³/mol. The molecule has 2 aliphatic rings. The molecule has 0 spiro atoms. The van der Waals surface area contributed by atoms with Crippen LogP contribution in [-0.2, 0) is 16.1 Å². The quantitative estimate of drug-likeness (QED) is 0.774. The molecule has 1 unspecified atom stereocenters. The number of hydrogen-bond donors (Lipinski definition) is 1. The van der Waals surface area contributed by atoms with E-state index in [4.69, 9.17) is 14.2 Å². The van der Waals surface area contributed by atoms with E-state index in [0.29, 0.717) is 30.4 Å². The first-order valence-electron chi connectivity index (χ1n) is 9.68. The molecule has 2 amide bonds. The lowest BCUT2D eigenvalue weighted by Crippen LogP contribution is -2.39. The Bertz CT molecular complexity index is 946. The Morgan fingerprint density at radius 3 is 2.70 bits per heavy atom. The van der Waals surface area contributed by atoms with E-state index in [2.05, 4.69) is 4.98 Å². The first-order chi connectivity index (χ1) is 14.4. The highest BCUT2D eigenvalue weighted by atomic mass is 16.6. The summed E-state index contributed by atoms with van der Waals surface area (Å²) in [5, 5.41) is 9.56. The Morgan fingerprint density at radius 2 is 2.00 bits per heavy atom. The third-order valence-electron chi connectivity index (χ3n) is 4.99. The van der Waals surface area contributed by atoms with E-state index in [9.17, 15) is 14.7 Å². The average molecular weight is 413 g/mol. The van der Waals surface area contributed by atoms with Crippen LogP contribution in [0.5, 0.6) is 11.5 Å². The van der Waals surface area contributed by atoms with Gasteiger partial charge in [0.05, 0.1) is 26.3 Å². The minimum Gasteiger partial charge on any atom is -0.497 e. The van der Waals surface area contributed by atoms with E-state index in [-0.39, 0.29) is 19.1 Å². The van der Waals surface area contributed by atoms with Gasteiger partial charge in [0.1, 0.15) is 17.7 Å². The van der Waals surface area contributed by atoms with Crippen LogP contribution in [0.3, 0.4) is 0 Å². The molecule has 1 N–H and O–H groups in total. The average Bonchev–Trinajstić information content (AvgIpc) is 3.09. The monoisotopic (exact) mass is 413 g/mol. The lowest BCUT2D eigenvalue weighted by Gasteiger charge is -2.29. The molecule has 1 fully saturated rings. The van der Waals surface area contributed by atoms with Crippen LogP contribution >= 0.6 is 0 Å². The van der Waals surface area contributed by atoms with Crippen molar-refractivity contribution in [2.75, 3.05) is 30.1 Å². The molecule has 1 aromatic carbocycles. The number of nitrogens with zero attached hydrogens (tertiary/aromatic N) is 3. The molecule has 0 bridgehead atoms. The van der Waals surface area contributed by atoms with Crippen LogP contribution in [0.2, 0.25) is 0 Å². The number of rotatable bonds is 6. The van der Waals surface area contributed by atoms with Crippen molar-refractivity contribution in [3.8, 4) is 11.5 Å². The van der Waals surface area contributed by atoms with Crippen molar-refractivity contribution in [1.29, 1.82) is 0 Å². The highest BCUT2D eigenvalue weighted by molar-refractivity contribution is 5.97. The zero-order valence-electron chi connectivity index (χ0n) is 16.8.